The van der Waals surface area contributed by atoms with Gasteiger partial charge in [0.1, 0.15) is 21.3 Å². The van der Waals surface area contributed by atoms with E-state index in [4.69, 9.17) is 4.74 Å². The van der Waals surface area contributed by atoms with Crippen molar-refractivity contribution in [1.29, 1.82) is 0 Å². The Balaban J connectivity index is 1.44. The highest BCUT2D eigenvalue weighted by Crippen LogP contribution is 2.29. The van der Waals surface area contributed by atoms with Crippen LogP contribution in [0.25, 0.3) is 10.2 Å². The molecular weight excluding hydrogens is 397 g/mol. The number of benzene rings is 1. The summed E-state index contributed by atoms with van der Waals surface area (Å²) in [7, 11) is 0. The molecule has 0 fully saturated rings. The van der Waals surface area contributed by atoms with Crippen LogP contribution in [0.5, 0.6) is 0 Å². The highest BCUT2D eigenvalue weighted by atomic mass is 32.1. The average Bonchev–Trinajstić information content (AvgIpc) is 3.30. The molecule has 0 atom stereocenters. The highest BCUT2D eigenvalue weighted by molar-refractivity contribution is 7.20. The van der Waals surface area contributed by atoms with Gasteiger partial charge in [0.05, 0.1) is 5.39 Å². The quantitative estimate of drug-likeness (QED) is 0.646. The van der Waals surface area contributed by atoms with Gasteiger partial charge in [-0.2, -0.15) is 0 Å². The molecule has 2 aromatic heterocycles. The van der Waals surface area contributed by atoms with Crippen molar-refractivity contribution in [2.75, 3.05) is 6.61 Å². The molecule has 0 spiro atoms. The summed E-state index contributed by atoms with van der Waals surface area (Å²) in [4.78, 5) is 42.3. The fourth-order valence-corrected chi connectivity index (χ4v) is 4.44. The standard InChI is InChI=1S/C20H18FN3O4S/c1-11-16-18(23-14-7-4-8-24(14)19(16)26)29-17(11)20(27)28-10-15(25)22-9-12-5-2-3-6-13(12)21/h2-3,5-6H,4,7-10H2,1H3,(H,22,25). The van der Waals surface area contributed by atoms with E-state index in [0.717, 1.165) is 30.0 Å². The van der Waals surface area contributed by atoms with Gasteiger partial charge in [0.15, 0.2) is 6.61 Å². The maximum atomic E-state index is 13.6. The number of hydrogen-bond acceptors (Lipinski definition) is 6. The lowest BCUT2D eigenvalue weighted by Gasteiger charge is -2.07. The minimum atomic E-state index is -0.684. The van der Waals surface area contributed by atoms with Crippen molar-refractivity contribution in [3.63, 3.8) is 0 Å². The van der Waals surface area contributed by atoms with E-state index in [2.05, 4.69) is 10.3 Å². The third-order valence-electron chi connectivity index (χ3n) is 4.87. The Morgan fingerprint density at radius 2 is 2.14 bits per heavy atom. The number of thiophene rings is 1. The van der Waals surface area contributed by atoms with Crippen molar-refractivity contribution in [1.82, 2.24) is 14.9 Å². The van der Waals surface area contributed by atoms with Crippen molar-refractivity contribution in [3.8, 4) is 0 Å². The van der Waals surface area contributed by atoms with Gasteiger partial charge in [-0.3, -0.25) is 14.2 Å². The summed E-state index contributed by atoms with van der Waals surface area (Å²) >= 11 is 1.10. The van der Waals surface area contributed by atoms with Crippen LogP contribution >= 0.6 is 11.3 Å². The number of esters is 1. The summed E-state index contributed by atoms with van der Waals surface area (Å²) in [6.07, 6.45) is 1.62. The lowest BCUT2D eigenvalue weighted by molar-refractivity contribution is -0.124. The molecule has 3 aromatic rings. The number of halogens is 1. The van der Waals surface area contributed by atoms with Crippen molar-refractivity contribution >= 4 is 33.4 Å². The number of aryl methyl sites for hydroxylation is 2. The minimum Gasteiger partial charge on any atom is -0.451 e. The Morgan fingerprint density at radius 1 is 1.34 bits per heavy atom. The third kappa shape index (κ3) is 3.65. The Labute approximate surface area is 169 Å². The van der Waals surface area contributed by atoms with E-state index in [1.807, 2.05) is 0 Å². The number of fused-ring (bicyclic) bond motifs is 2. The molecule has 1 aliphatic rings. The summed E-state index contributed by atoms with van der Waals surface area (Å²) in [5.74, 6) is -0.916. The second kappa shape index (κ2) is 7.75. The fourth-order valence-electron chi connectivity index (χ4n) is 3.35. The Morgan fingerprint density at radius 3 is 2.93 bits per heavy atom. The number of ether oxygens (including phenoxy) is 1. The zero-order valence-corrected chi connectivity index (χ0v) is 16.5. The topological polar surface area (TPSA) is 90.3 Å². The SMILES string of the molecule is Cc1c(C(=O)OCC(=O)NCc2ccccc2F)sc2nc3n(c(=O)c12)CCC3. The number of aromatic nitrogens is 2. The predicted molar refractivity (Wildman–Crippen MR) is 105 cm³/mol. The van der Waals surface area contributed by atoms with Gasteiger partial charge < -0.3 is 10.1 Å². The largest absolute Gasteiger partial charge is 0.451 e. The van der Waals surface area contributed by atoms with E-state index in [1.54, 1.807) is 29.7 Å². The molecule has 150 valence electrons. The molecule has 1 aromatic carbocycles. The first kappa shape index (κ1) is 19.3. The van der Waals surface area contributed by atoms with Crippen LogP contribution in [-0.4, -0.2) is 28.0 Å². The smallest absolute Gasteiger partial charge is 0.349 e. The van der Waals surface area contributed by atoms with Gasteiger partial charge in [-0.1, -0.05) is 18.2 Å². The van der Waals surface area contributed by atoms with E-state index >= 15 is 0 Å². The molecule has 9 heteroatoms. The molecule has 4 rings (SSSR count). The molecule has 0 unspecified atom stereocenters. The second-order valence-corrected chi connectivity index (χ2v) is 7.77. The number of amides is 1. The first-order valence-corrected chi connectivity index (χ1v) is 9.97. The van der Waals surface area contributed by atoms with E-state index in [9.17, 15) is 18.8 Å². The maximum absolute atomic E-state index is 13.6. The zero-order valence-electron chi connectivity index (χ0n) is 15.7. The summed E-state index contributed by atoms with van der Waals surface area (Å²) in [6.45, 7) is 1.81. The molecule has 1 aliphatic heterocycles. The molecule has 0 saturated carbocycles. The molecule has 0 aliphatic carbocycles. The minimum absolute atomic E-state index is 0.00277. The monoisotopic (exact) mass is 415 g/mol. The molecule has 1 N–H and O–H groups in total. The maximum Gasteiger partial charge on any atom is 0.349 e. The average molecular weight is 415 g/mol. The molecule has 7 nitrogen and oxygen atoms in total. The van der Waals surface area contributed by atoms with E-state index < -0.39 is 24.3 Å². The Kier molecular flexibility index (Phi) is 5.14. The predicted octanol–water partition coefficient (Wildman–Crippen LogP) is 2.32. The van der Waals surface area contributed by atoms with E-state index in [-0.39, 0.29) is 17.0 Å². The van der Waals surface area contributed by atoms with Gasteiger partial charge in [-0.25, -0.2) is 14.2 Å². The summed E-state index contributed by atoms with van der Waals surface area (Å²) in [5.41, 5.74) is 0.714. The zero-order chi connectivity index (χ0) is 20.5. The van der Waals surface area contributed by atoms with Crippen LogP contribution < -0.4 is 10.9 Å². The van der Waals surface area contributed by atoms with Gasteiger partial charge in [0, 0.05) is 25.1 Å². The van der Waals surface area contributed by atoms with Crippen LogP contribution in [0.3, 0.4) is 0 Å². The normalized spacial score (nSPS) is 12.8. The molecule has 3 heterocycles. The Bertz CT molecular complexity index is 1180. The van der Waals surface area contributed by atoms with Crippen LogP contribution in [0, 0.1) is 12.7 Å². The molecule has 0 bridgehead atoms. The van der Waals surface area contributed by atoms with Gasteiger partial charge >= 0.3 is 5.97 Å². The molecular formula is C20H18FN3O4S. The van der Waals surface area contributed by atoms with Crippen LogP contribution in [-0.2, 0) is 29.0 Å². The highest BCUT2D eigenvalue weighted by Gasteiger charge is 2.24. The van der Waals surface area contributed by atoms with Crippen molar-refractivity contribution in [2.24, 2.45) is 0 Å². The first-order valence-electron chi connectivity index (χ1n) is 9.15. The summed E-state index contributed by atoms with van der Waals surface area (Å²) in [6, 6.07) is 6.09. The van der Waals surface area contributed by atoms with Crippen LogP contribution in [0.2, 0.25) is 0 Å². The van der Waals surface area contributed by atoms with Crippen molar-refractivity contribution in [2.45, 2.75) is 32.9 Å². The summed E-state index contributed by atoms with van der Waals surface area (Å²) < 4.78 is 20.3. The van der Waals surface area contributed by atoms with Gasteiger partial charge in [-0.05, 0) is 25.0 Å². The molecule has 1 amide bonds. The van der Waals surface area contributed by atoms with Crippen LogP contribution in [0.1, 0.15) is 33.0 Å². The van der Waals surface area contributed by atoms with Crippen LogP contribution in [0.4, 0.5) is 4.39 Å². The molecule has 29 heavy (non-hydrogen) atoms. The van der Waals surface area contributed by atoms with Crippen molar-refractivity contribution < 1.29 is 18.7 Å². The lowest BCUT2D eigenvalue weighted by Crippen LogP contribution is -2.28. The van der Waals surface area contributed by atoms with Gasteiger partial charge in [0.2, 0.25) is 0 Å². The molecule has 0 radical (unpaired) electrons. The first-order chi connectivity index (χ1) is 14.0. The van der Waals surface area contributed by atoms with Crippen molar-refractivity contribution in [3.05, 3.63) is 62.3 Å². The number of nitrogens with one attached hydrogen (secondary N) is 1. The second-order valence-electron chi connectivity index (χ2n) is 6.77. The number of carbonyl (C=O) groups excluding carboxylic acids is 2. The van der Waals surface area contributed by atoms with E-state index in [0.29, 0.717) is 27.9 Å². The number of nitrogens with zero attached hydrogens (tertiary/aromatic N) is 2. The van der Waals surface area contributed by atoms with Crippen LogP contribution in [0.15, 0.2) is 29.1 Å². The number of rotatable bonds is 5. The van der Waals surface area contributed by atoms with E-state index in [1.165, 1.54) is 6.07 Å². The Hall–Kier alpha value is -3.07. The number of hydrogen-bond donors (Lipinski definition) is 1. The lowest BCUT2D eigenvalue weighted by atomic mass is 10.2. The fraction of sp³-hybridized carbons (Fsp3) is 0.300. The van der Waals surface area contributed by atoms with Gasteiger partial charge in [0.25, 0.3) is 11.5 Å². The molecule has 0 saturated heterocycles. The third-order valence-corrected chi connectivity index (χ3v) is 6.03. The van der Waals surface area contributed by atoms with Gasteiger partial charge in [-0.15, -0.1) is 11.3 Å². The number of carbonyl (C=O) groups is 2. The summed E-state index contributed by atoms with van der Waals surface area (Å²) in [5, 5.41) is 2.94.